The van der Waals surface area contributed by atoms with Gasteiger partial charge in [0.1, 0.15) is 0 Å². The van der Waals surface area contributed by atoms with Gasteiger partial charge in [0.25, 0.3) is 0 Å². The van der Waals surface area contributed by atoms with Crippen molar-refractivity contribution < 1.29 is 0 Å². The van der Waals surface area contributed by atoms with E-state index in [1.54, 1.807) is 0 Å². The summed E-state index contributed by atoms with van der Waals surface area (Å²) >= 11 is 0. The number of nitrogens with one attached hydrogen (secondary N) is 2. The normalized spacial score (nSPS) is 11.2. The maximum Gasteiger partial charge on any atom is 0.00768 e. The molecule has 0 heterocycles. The SMILES string of the molecule is Cc1ccc(C)c(CCNCCNCC(C)C)c1. The van der Waals surface area contributed by atoms with E-state index in [0.29, 0.717) is 0 Å². The third-order valence-electron chi connectivity index (χ3n) is 3.11. The second-order valence-corrected chi connectivity index (χ2v) is 5.53. The Morgan fingerprint density at radius 1 is 1.00 bits per heavy atom. The number of hydrogen-bond donors (Lipinski definition) is 2. The van der Waals surface area contributed by atoms with Crippen molar-refractivity contribution in [2.75, 3.05) is 26.2 Å². The summed E-state index contributed by atoms with van der Waals surface area (Å²) in [5, 5.41) is 6.93. The molecule has 0 aliphatic rings. The van der Waals surface area contributed by atoms with Gasteiger partial charge in [0.2, 0.25) is 0 Å². The van der Waals surface area contributed by atoms with Crippen LogP contribution in [-0.2, 0) is 6.42 Å². The minimum absolute atomic E-state index is 0.736. The Bertz CT molecular complexity index is 345. The minimum Gasteiger partial charge on any atom is -0.315 e. The molecule has 0 fully saturated rings. The highest BCUT2D eigenvalue weighted by Crippen LogP contribution is 2.10. The van der Waals surface area contributed by atoms with Gasteiger partial charge in [-0.05, 0) is 50.4 Å². The molecule has 18 heavy (non-hydrogen) atoms. The maximum atomic E-state index is 3.49. The third-order valence-corrected chi connectivity index (χ3v) is 3.11. The van der Waals surface area contributed by atoms with Crippen molar-refractivity contribution in [3.8, 4) is 0 Å². The van der Waals surface area contributed by atoms with Crippen LogP contribution in [0.3, 0.4) is 0 Å². The monoisotopic (exact) mass is 248 g/mol. The molecule has 0 aliphatic carbocycles. The van der Waals surface area contributed by atoms with Gasteiger partial charge in [0, 0.05) is 13.1 Å². The van der Waals surface area contributed by atoms with Crippen LogP contribution in [-0.4, -0.2) is 26.2 Å². The van der Waals surface area contributed by atoms with Gasteiger partial charge in [-0.1, -0.05) is 37.6 Å². The Morgan fingerprint density at radius 2 is 1.72 bits per heavy atom. The lowest BCUT2D eigenvalue weighted by Gasteiger charge is -2.10. The quantitative estimate of drug-likeness (QED) is 0.691. The summed E-state index contributed by atoms with van der Waals surface area (Å²) < 4.78 is 0. The number of hydrogen-bond acceptors (Lipinski definition) is 2. The zero-order chi connectivity index (χ0) is 13.4. The predicted molar refractivity (Wildman–Crippen MR) is 80.2 cm³/mol. The van der Waals surface area contributed by atoms with Gasteiger partial charge < -0.3 is 10.6 Å². The molecule has 0 atom stereocenters. The maximum absolute atomic E-state index is 3.49. The zero-order valence-electron chi connectivity index (χ0n) is 12.3. The molecule has 2 N–H and O–H groups in total. The standard InChI is InChI=1S/C16H28N2/c1-13(2)12-18-10-9-17-8-7-16-11-14(3)5-6-15(16)4/h5-6,11,13,17-18H,7-10,12H2,1-4H3. The van der Waals surface area contributed by atoms with Crippen LogP contribution in [0.4, 0.5) is 0 Å². The fourth-order valence-corrected chi connectivity index (χ4v) is 1.99. The molecule has 0 aromatic heterocycles. The van der Waals surface area contributed by atoms with Crippen LogP contribution >= 0.6 is 0 Å². The van der Waals surface area contributed by atoms with Crippen LogP contribution < -0.4 is 10.6 Å². The minimum atomic E-state index is 0.736. The van der Waals surface area contributed by atoms with Crippen molar-refractivity contribution in [1.82, 2.24) is 10.6 Å². The summed E-state index contributed by atoms with van der Waals surface area (Å²) in [6, 6.07) is 6.70. The molecule has 1 aromatic rings. The number of aryl methyl sites for hydroxylation is 2. The van der Waals surface area contributed by atoms with Crippen LogP contribution in [0.5, 0.6) is 0 Å². The van der Waals surface area contributed by atoms with Crippen molar-refractivity contribution in [3.63, 3.8) is 0 Å². The first-order valence-corrected chi connectivity index (χ1v) is 7.07. The molecular weight excluding hydrogens is 220 g/mol. The molecule has 0 bridgehead atoms. The lowest BCUT2D eigenvalue weighted by Crippen LogP contribution is -2.30. The first-order chi connectivity index (χ1) is 8.59. The Kier molecular flexibility index (Phi) is 6.99. The highest BCUT2D eigenvalue weighted by atomic mass is 14.9. The van der Waals surface area contributed by atoms with Gasteiger partial charge in [-0.2, -0.15) is 0 Å². The highest BCUT2D eigenvalue weighted by molar-refractivity contribution is 5.30. The first kappa shape index (κ1) is 15.2. The topological polar surface area (TPSA) is 24.1 Å². The molecule has 2 nitrogen and oxygen atoms in total. The van der Waals surface area contributed by atoms with Crippen molar-refractivity contribution in [1.29, 1.82) is 0 Å². The van der Waals surface area contributed by atoms with Gasteiger partial charge in [-0.15, -0.1) is 0 Å². The van der Waals surface area contributed by atoms with E-state index in [1.807, 2.05) is 0 Å². The zero-order valence-corrected chi connectivity index (χ0v) is 12.3. The molecule has 0 saturated carbocycles. The van der Waals surface area contributed by atoms with Crippen LogP contribution in [0.25, 0.3) is 0 Å². The van der Waals surface area contributed by atoms with E-state index >= 15 is 0 Å². The van der Waals surface area contributed by atoms with Crippen molar-refractivity contribution in [2.45, 2.75) is 34.1 Å². The summed E-state index contributed by atoms with van der Waals surface area (Å²) in [4.78, 5) is 0. The number of rotatable bonds is 8. The van der Waals surface area contributed by atoms with Crippen LogP contribution in [0.15, 0.2) is 18.2 Å². The molecule has 2 heteroatoms. The first-order valence-electron chi connectivity index (χ1n) is 7.07. The molecule has 0 amide bonds. The van der Waals surface area contributed by atoms with Crippen molar-refractivity contribution >= 4 is 0 Å². The molecule has 0 saturated heterocycles. The predicted octanol–water partition coefficient (Wildman–Crippen LogP) is 2.68. The van der Waals surface area contributed by atoms with E-state index in [-0.39, 0.29) is 0 Å². The van der Waals surface area contributed by atoms with Gasteiger partial charge in [-0.25, -0.2) is 0 Å². The molecular formula is C16H28N2. The lowest BCUT2D eigenvalue weighted by atomic mass is 10.0. The van der Waals surface area contributed by atoms with Gasteiger partial charge in [0.05, 0.1) is 0 Å². The highest BCUT2D eigenvalue weighted by Gasteiger charge is 1.98. The van der Waals surface area contributed by atoms with E-state index < -0.39 is 0 Å². The Balaban J connectivity index is 2.12. The Hall–Kier alpha value is -0.860. The molecule has 0 unspecified atom stereocenters. The largest absolute Gasteiger partial charge is 0.315 e. The summed E-state index contributed by atoms with van der Waals surface area (Å²) in [5.74, 6) is 0.736. The molecule has 0 radical (unpaired) electrons. The van der Waals surface area contributed by atoms with E-state index in [9.17, 15) is 0 Å². The molecule has 102 valence electrons. The molecule has 1 aromatic carbocycles. The van der Waals surface area contributed by atoms with Gasteiger partial charge >= 0.3 is 0 Å². The average molecular weight is 248 g/mol. The van der Waals surface area contributed by atoms with Crippen LogP contribution in [0, 0.1) is 19.8 Å². The second-order valence-electron chi connectivity index (χ2n) is 5.53. The van der Waals surface area contributed by atoms with Gasteiger partial charge in [0.15, 0.2) is 0 Å². The summed E-state index contributed by atoms with van der Waals surface area (Å²) in [7, 11) is 0. The smallest absolute Gasteiger partial charge is 0.00768 e. The molecule has 0 spiro atoms. The Labute approximate surface area is 112 Å². The fourth-order valence-electron chi connectivity index (χ4n) is 1.99. The number of benzene rings is 1. The summed E-state index contributed by atoms with van der Waals surface area (Å²) in [5.41, 5.74) is 4.23. The fraction of sp³-hybridized carbons (Fsp3) is 0.625. The lowest BCUT2D eigenvalue weighted by molar-refractivity contribution is 0.536. The van der Waals surface area contributed by atoms with E-state index in [2.05, 4.69) is 56.5 Å². The van der Waals surface area contributed by atoms with Crippen LogP contribution in [0.1, 0.15) is 30.5 Å². The second kappa shape index (κ2) is 8.28. The molecule has 0 aliphatic heterocycles. The van der Waals surface area contributed by atoms with Gasteiger partial charge in [-0.3, -0.25) is 0 Å². The van der Waals surface area contributed by atoms with E-state index in [1.165, 1.54) is 16.7 Å². The summed E-state index contributed by atoms with van der Waals surface area (Å²) in [6.07, 6.45) is 1.12. The molecule has 1 rings (SSSR count). The summed E-state index contributed by atoms with van der Waals surface area (Å²) in [6.45, 7) is 13.1. The third kappa shape index (κ3) is 6.18. The Morgan fingerprint density at radius 3 is 2.44 bits per heavy atom. The van der Waals surface area contributed by atoms with Crippen molar-refractivity contribution in [2.24, 2.45) is 5.92 Å². The van der Waals surface area contributed by atoms with Crippen molar-refractivity contribution in [3.05, 3.63) is 34.9 Å². The van der Waals surface area contributed by atoms with E-state index in [4.69, 9.17) is 0 Å². The van der Waals surface area contributed by atoms with Crippen LogP contribution in [0.2, 0.25) is 0 Å². The van der Waals surface area contributed by atoms with E-state index in [0.717, 1.165) is 38.5 Å². The average Bonchev–Trinajstić information content (AvgIpc) is 2.32.